The summed E-state index contributed by atoms with van der Waals surface area (Å²) in [6, 6.07) is 8.13. The number of nitrogens with zero attached hydrogens (tertiary/aromatic N) is 3. The fourth-order valence-corrected chi connectivity index (χ4v) is 2.40. The predicted octanol–water partition coefficient (Wildman–Crippen LogP) is 2.25. The standard InChI is InChI=1S/C17H20N4O2/c1-2-13-3-5-15(6-4-13)20-17-18-11-14(12-19-17)16(22)21-7-9-23-10-8-21/h3-6,11-12H,2,7-10H2,1H3,(H,18,19,20). The van der Waals surface area contributed by atoms with Crippen LogP contribution in [0.15, 0.2) is 36.7 Å². The monoisotopic (exact) mass is 312 g/mol. The summed E-state index contributed by atoms with van der Waals surface area (Å²) in [6.45, 7) is 4.51. The summed E-state index contributed by atoms with van der Waals surface area (Å²) >= 11 is 0. The highest BCUT2D eigenvalue weighted by Crippen LogP contribution is 2.14. The van der Waals surface area contributed by atoms with E-state index in [4.69, 9.17) is 4.74 Å². The number of benzene rings is 1. The minimum atomic E-state index is -0.0489. The largest absolute Gasteiger partial charge is 0.378 e. The van der Waals surface area contributed by atoms with Crippen molar-refractivity contribution in [2.24, 2.45) is 0 Å². The van der Waals surface area contributed by atoms with E-state index in [0.717, 1.165) is 12.1 Å². The van der Waals surface area contributed by atoms with Gasteiger partial charge >= 0.3 is 0 Å². The van der Waals surface area contributed by atoms with Crippen LogP contribution in [0.5, 0.6) is 0 Å². The average molecular weight is 312 g/mol. The van der Waals surface area contributed by atoms with Gasteiger partial charge in [0.05, 0.1) is 18.8 Å². The van der Waals surface area contributed by atoms with Crippen molar-refractivity contribution in [1.29, 1.82) is 0 Å². The minimum Gasteiger partial charge on any atom is -0.378 e. The highest BCUT2D eigenvalue weighted by molar-refractivity contribution is 5.93. The molecule has 23 heavy (non-hydrogen) atoms. The highest BCUT2D eigenvalue weighted by atomic mass is 16.5. The van der Waals surface area contributed by atoms with Crippen LogP contribution >= 0.6 is 0 Å². The highest BCUT2D eigenvalue weighted by Gasteiger charge is 2.19. The van der Waals surface area contributed by atoms with Crippen molar-refractivity contribution in [3.05, 3.63) is 47.8 Å². The second-order valence-electron chi connectivity index (χ2n) is 5.38. The van der Waals surface area contributed by atoms with Gasteiger partial charge in [-0.15, -0.1) is 0 Å². The fraction of sp³-hybridized carbons (Fsp3) is 0.353. The van der Waals surface area contributed by atoms with Crippen LogP contribution in [0.4, 0.5) is 11.6 Å². The quantitative estimate of drug-likeness (QED) is 0.938. The fourth-order valence-electron chi connectivity index (χ4n) is 2.40. The number of morpholine rings is 1. The van der Waals surface area contributed by atoms with Gasteiger partial charge < -0.3 is 15.0 Å². The number of nitrogens with one attached hydrogen (secondary N) is 1. The molecule has 1 aliphatic heterocycles. The number of amides is 1. The van der Waals surface area contributed by atoms with Crippen molar-refractivity contribution >= 4 is 17.5 Å². The molecule has 1 aromatic carbocycles. The molecular weight excluding hydrogens is 292 g/mol. The predicted molar refractivity (Wildman–Crippen MR) is 87.9 cm³/mol. The second kappa shape index (κ2) is 7.19. The maximum absolute atomic E-state index is 12.3. The lowest BCUT2D eigenvalue weighted by Gasteiger charge is -2.26. The first kappa shape index (κ1) is 15.4. The summed E-state index contributed by atoms with van der Waals surface area (Å²) in [7, 11) is 0. The molecule has 2 heterocycles. The Hall–Kier alpha value is -2.47. The normalized spacial score (nSPS) is 14.6. The molecule has 0 saturated carbocycles. The Bertz CT molecular complexity index is 649. The van der Waals surface area contributed by atoms with Crippen LogP contribution in [0, 0.1) is 0 Å². The first-order valence-electron chi connectivity index (χ1n) is 7.81. The minimum absolute atomic E-state index is 0.0489. The Morgan fingerprint density at radius 3 is 2.43 bits per heavy atom. The molecule has 1 saturated heterocycles. The third-order valence-electron chi connectivity index (χ3n) is 3.82. The van der Waals surface area contributed by atoms with Crippen LogP contribution in [0.2, 0.25) is 0 Å². The van der Waals surface area contributed by atoms with E-state index >= 15 is 0 Å². The van der Waals surface area contributed by atoms with Gasteiger partial charge in [0, 0.05) is 31.2 Å². The number of rotatable bonds is 4. The zero-order valence-corrected chi connectivity index (χ0v) is 13.2. The lowest BCUT2D eigenvalue weighted by Crippen LogP contribution is -2.40. The number of ether oxygens (including phenoxy) is 1. The topological polar surface area (TPSA) is 67.4 Å². The van der Waals surface area contributed by atoms with E-state index in [1.54, 1.807) is 17.3 Å². The molecule has 0 spiro atoms. The van der Waals surface area contributed by atoms with Crippen LogP contribution in [0.25, 0.3) is 0 Å². The first-order chi connectivity index (χ1) is 11.3. The number of aryl methyl sites for hydroxylation is 1. The molecule has 0 radical (unpaired) electrons. The van der Waals surface area contributed by atoms with E-state index in [-0.39, 0.29) is 5.91 Å². The van der Waals surface area contributed by atoms with E-state index in [1.165, 1.54) is 5.56 Å². The Kier molecular flexibility index (Phi) is 4.83. The van der Waals surface area contributed by atoms with E-state index in [9.17, 15) is 4.79 Å². The Morgan fingerprint density at radius 2 is 1.83 bits per heavy atom. The molecule has 6 nitrogen and oxygen atoms in total. The molecule has 0 aliphatic carbocycles. The molecule has 3 rings (SSSR count). The van der Waals surface area contributed by atoms with Crippen LogP contribution in [0.1, 0.15) is 22.8 Å². The molecular formula is C17H20N4O2. The number of aromatic nitrogens is 2. The lowest BCUT2D eigenvalue weighted by molar-refractivity contribution is 0.0302. The molecule has 1 fully saturated rings. The van der Waals surface area contributed by atoms with Crippen LogP contribution in [-0.4, -0.2) is 47.1 Å². The third-order valence-corrected chi connectivity index (χ3v) is 3.82. The van der Waals surface area contributed by atoms with E-state index < -0.39 is 0 Å². The van der Waals surface area contributed by atoms with E-state index in [0.29, 0.717) is 37.8 Å². The first-order valence-corrected chi connectivity index (χ1v) is 7.81. The summed E-state index contributed by atoms with van der Waals surface area (Å²) in [5.41, 5.74) is 2.70. The number of anilines is 2. The lowest BCUT2D eigenvalue weighted by atomic mass is 10.1. The van der Waals surface area contributed by atoms with Gasteiger partial charge in [-0.3, -0.25) is 4.79 Å². The SMILES string of the molecule is CCc1ccc(Nc2ncc(C(=O)N3CCOCC3)cn2)cc1. The van der Waals surface area contributed by atoms with Crippen molar-refractivity contribution in [1.82, 2.24) is 14.9 Å². The number of hydrogen-bond acceptors (Lipinski definition) is 5. The second-order valence-corrected chi connectivity index (χ2v) is 5.38. The van der Waals surface area contributed by atoms with Crippen LogP contribution < -0.4 is 5.32 Å². The van der Waals surface area contributed by atoms with Crippen molar-refractivity contribution < 1.29 is 9.53 Å². The number of hydrogen-bond donors (Lipinski definition) is 1. The smallest absolute Gasteiger partial charge is 0.257 e. The summed E-state index contributed by atoms with van der Waals surface area (Å²) in [6.07, 6.45) is 4.14. The molecule has 0 atom stereocenters. The number of carbonyl (C=O) groups is 1. The summed E-state index contributed by atoms with van der Waals surface area (Å²) in [5, 5.41) is 3.13. The molecule has 1 aromatic heterocycles. The molecule has 0 unspecified atom stereocenters. The Labute approximate surface area is 135 Å². The van der Waals surface area contributed by atoms with Gasteiger partial charge in [0.25, 0.3) is 5.91 Å². The molecule has 1 aliphatic rings. The van der Waals surface area contributed by atoms with E-state index in [2.05, 4.69) is 34.3 Å². The zero-order valence-electron chi connectivity index (χ0n) is 13.2. The molecule has 1 amide bonds. The van der Waals surface area contributed by atoms with Gasteiger partial charge in [-0.2, -0.15) is 0 Å². The molecule has 2 aromatic rings. The molecule has 120 valence electrons. The van der Waals surface area contributed by atoms with Gasteiger partial charge in [-0.1, -0.05) is 19.1 Å². The van der Waals surface area contributed by atoms with Crippen molar-refractivity contribution in [2.45, 2.75) is 13.3 Å². The van der Waals surface area contributed by atoms with Gasteiger partial charge in [-0.25, -0.2) is 9.97 Å². The van der Waals surface area contributed by atoms with Crippen molar-refractivity contribution in [3.63, 3.8) is 0 Å². The van der Waals surface area contributed by atoms with Gasteiger partial charge in [0.1, 0.15) is 0 Å². The van der Waals surface area contributed by atoms with Crippen LogP contribution in [-0.2, 0) is 11.2 Å². The molecule has 6 heteroatoms. The molecule has 0 bridgehead atoms. The zero-order chi connectivity index (χ0) is 16.1. The maximum Gasteiger partial charge on any atom is 0.257 e. The van der Waals surface area contributed by atoms with Gasteiger partial charge in [0.2, 0.25) is 5.95 Å². The molecule has 1 N–H and O–H groups in total. The maximum atomic E-state index is 12.3. The van der Waals surface area contributed by atoms with E-state index in [1.807, 2.05) is 12.1 Å². The van der Waals surface area contributed by atoms with Gasteiger partial charge in [0.15, 0.2) is 0 Å². The van der Waals surface area contributed by atoms with Gasteiger partial charge in [-0.05, 0) is 24.1 Å². The average Bonchev–Trinajstić information content (AvgIpc) is 2.63. The summed E-state index contributed by atoms with van der Waals surface area (Å²) < 4.78 is 5.25. The Balaban J connectivity index is 1.65. The van der Waals surface area contributed by atoms with Crippen LogP contribution in [0.3, 0.4) is 0 Å². The van der Waals surface area contributed by atoms with Crippen molar-refractivity contribution in [2.75, 3.05) is 31.6 Å². The summed E-state index contributed by atoms with van der Waals surface area (Å²) in [5.74, 6) is 0.430. The van der Waals surface area contributed by atoms with Crippen molar-refractivity contribution in [3.8, 4) is 0 Å². The Morgan fingerprint density at radius 1 is 1.17 bits per heavy atom. The third kappa shape index (κ3) is 3.84. The number of carbonyl (C=O) groups excluding carboxylic acids is 1. The summed E-state index contributed by atoms with van der Waals surface area (Å²) in [4.78, 5) is 22.5.